The van der Waals surface area contributed by atoms with Crippen molar-refractivity contribution in [2.24, 2.45) is 5.92 Å². The van der Waals surface area contributed by atoms with E-state index in [0.29, 0.717) is 26.1 Å². The van der Waals surface area contributed by atoms with E-state index >= 15 is 0 Å². The number of aryl methyl sites for hydroxylation is 1. The molecule has 24 heavy (non-hydrogen) atoms. The molecule has 0 aliphatic carbocycles. The third-order valence-corrected chi connectivity index (χ3v) is 5.21. The lowest BCUT2D eigenvalue weighted by atomic mass is 10.1. The molecule has 0 radical (unpaired) electrons. The molecular formula is C18H21N3O2S. The predicted molar refractivity (Wildman–Crippen MR) is 93.3 cm³/mol. The number of rotatable bonds is 5. The van der Waals surface area contributed by atoms with E-state index in [4.69, 9.17) is 0 Å². The minimum Gasteiger partial charge on any atom is -0.340 e. The molecule has 126 valence electrons. The van der Waals surface area contributed by atoms with Crippen LogP contribution in [0.4, 0.5) is 0 Å². The summed E-state index contributed by atoms with van der Waals surface area (Å²) >= 11 is 1.70. The van der Waals surface area contributed by atoms with Gasteiger partial charge < -0.3 is 9.80 Å². The molecule has 2 aromatic rings. The van der Waals surface area contributed by atoms with E-state index in [1.165, 1.54) is 9.75 Å². The van der Waals surface area contributed by atoms with E-state index < -0.39 is 0 Å². The van der Waals surface area contributed by atoms with Crippen LogP contribution >= 0.6 is 11.3 Å². The van der Waals surface area contributed by atoms with Gasteiger partial charge in [-0.05, 0) is 30.7 Å². The molecule has 1 fully saturated rings. The van der Waals surface area contributed by atoms with Gasteiger partial charge in [-0.2, -0.15) is 0 Å². The Morgan fingerprint density at radius 3 is 2.92 bits per heavy atom. The Bertz CT molecular complexity index is 729. The van der Waals surface area contributed by atoms with Crippen LogP contribution in [0.2, 0.25) is 0 Å². The summed E-state index contributed by atoms with van der Waals surface area (Å²) in [4.78, 5) is 34.8. The first kappa shape index (κ1) is 16.6. The van der Waals surface area contributed by atoms with Crippen molar-refractivity contribution >= 4 is 23.2 Å². The van der Waals surface area contributed by atoms with Gasteiger partial charge in [0, 0.05) is 48.7 Å². The predicted octanol–water partition coefficient (Wildman–Crippen LogP) is 2.46. The number of amides is 2. The summed E-state index contributed by atoms with van der Waals surface area (Å²) in [6.45, 7) is 3.66. The summed E-state index contributed by atoms with van der Waals surface area (Å²) in [6.07, 6.45) is 3.77. The number of aromatic nitrogens is 1. The Hall–Kier alpha value is -2.21. The van der Waals surface area contributed by atoms with Crippen LogP contribution in [0.25, 0.3) is 0 Å². The van der Waals surface area contributed by atoms with Crippen molar-refractivity contribution in [2.75, 3.05) is 13.6 Å². The third kappa shape index (κ3) is 3.82. The number of likely N-dealkylation sites (tertiary alicyclic amines) is 1. The van der Waals surface area contributed by atoms with Crippen LogP contribution in [0.3, 0.4) is 0 Å². The van der Waals surface area contributed by atoms with Gasteiger partial charge in [0.2, 0.25) is 11.8 Å². The quantitative estimate of drug-likeness (QED) is 0.838. The van der Waals surface area contributed by atoms with Crippen LogP contribution in [0.15, 0.2) is 36.7 Å². The molecule has 2 aromatic heterocycles. The first-order chi connectivity index (χ1) is 11.5. The maximum Gasteiger partial charge on any atom is 0.228 e. The van der Waals surface area contributed by atoms with Crippen LogP contribution < -0.4 is 0 Å². The number of nitrogens with zero attached hydrogens (tertiary/aromatic N) is 3. The smallest absolute Gasteiger partial charge is 0.228 e. The lowest BCUT2D eigenvalue weighted by Crippen LogP contribution is -2.34. The molecule has 0 saturated carbocycles. The standard InChI is InChI=1S/C18H21N3O2S/c1-13-5-6-16(24-13)12-20(2)18(23)15-8-17(22)21(11-15)10-14-4-3-7-19-9-14/h3-7,9,15H,8,10-12H2,1-2H3/t15-/m1/s1. The molecule has 6 heteroatoms. The summed E-state index contributed by atoms with van der Waals surface area (Å²) in [6, 6.07) is 7.92. The number of carbonyl (C=O) groups excluding carboxylic acids is 2. The molecule has 0 spiro atoms. The SMILES string of the molecule is Cc1ccc(CN(C)C(=O)[C@@H]2CC(=O)N(Cc3cccnc3)C2)s1. The second-order valence-corrected chi connectivity index (χ2v) is 7.62. The lowest BCUT2D eigenvalue weighted by Gasteiger charge is -2.21. The highest BCUT2D eigenvalue weighted by molar-refractivity contribution is 7.11. The molecule has 1 aliphatic heterocycles. The largest absolute Gasteiger partial charge is 0.340 e. The molecular weight excluding hydrogens is 322 g/mol. The highest BCUT2D eigenvalue weighted by Crippen LogP contribution is 2.23. The average Bonchev–Trinajstić information content (AvgIpc) is 3.14. The lowest BCUT2D eigenvalue weighted by molar-refractivity contribution is -0.135. The van der Waals surface area contributed by atoms with Gasteiger partial charge in [-0.3, -0.25) is 14.6 Å². The van der Waals surface area contributed by atoms with Gasteiger partial charge in [0.25, 0.3) is 0 Å². The first-order valence-electron chi connectivity index (χ1n) is 8.00. The van der Waals surface area contributed by atoms with Crippen LogP contribution in [-0.4, -0.2) is 40.2 Å². The van der Waals surface area contributed by atoms with Crippen molar-refractivity contribution in [1.29, 1.82) is 0 Å². The van der Waals surface area contributed by atoms with Gasteiger partial charge in [0.05, 0.1) is 12.5 Å². The van der Waals surface area contributed by atoms with Crippen molar-refractivity contribution in [3.05, 3.63) is 52.0 Å². The molecule has 1 atom stereocenters. The number of hydrogen-bond donors (Lipinski definition) is 0. The van der Waals surface area contributed by atoms with Crippen molar-refractivity contribution in [2.45, 2.75) is 26.4 Å². The van der Waals surface area contributed by atoms with Gasteiger partial charge in [-0.1, -0.05) is 6.07 Å². The summed E-state index contributed by atoms with van der Waals surface area (Å²) in [7, 11) is 1.81. The fraction of sp³-hybridized carbons (Fsp3) is 0.389. The Morgan fingerprint density at radius 1 is 1.42 bits per heavy atom. The van der Waals surface area contributed by atoms with Gasteiger partial charge >= 0.3 is 0 Å². The zero-order valence-electron chi connectivity index (χ0n) is 13.9. The molecule has 3 heterocycles. The maximum absolute atomic E-state index is 12.6. The van der Waals surface area contributed by atoms with Gasteiger partial charge in [-0.15, -0.1) is 11.3 Å². The zero-order chi connectivity index (χ0) is 17.1. The molecule has 0 aromatic carbocycles. The Kier molecular flexibility index (Phi) is 4.94. The Morgan fingerprint density at radius 2 is 2.25 bits per heavy atom. The van der Waals surface area contributed by atoms with E-state index in [2.05, 4.69) is 24.0 Å². The van der Waals surface area contributed by atoms with Gasteiger partial charge in [-0.25, -0.2) is 0 Å². The number of hydrogen-bond acceptors (Lipinski definition) is 4. The second-order valence-electron chi connectivity index (χ2n) is 6.24. The molecule has 2 amide bonds. The minimum atomic E-state index is -0.250. The van der Waals surface area contributed by atoms with Gasteiger partial charge in [0.15, 0.2) is 0 Å². The zero-order valence-corrected chi connectivity index (χ0v) is 14.8. The third-order valence-electron chi connectivity index (χ3n) is 4.23. The van der Waals surface area contributed by atoms with E-state index in [0.717, 1.165) is 5.56 Å². The monoisotopic (exact) mass is 343 g/mol. The normalized spacial score (nSPS) is 17.3. The molecule has 0 unspecified atom stereocenters. The number of carbonyl (C=O) groups is 2. The highest BCUT2D eigenvalue weighted by atomic mass is 32.1. The van der Waals surface area contributed by atoms with E-state index in [1.807, 2.05) is 19.2 Å². The second kappa shape index (κ2) is 7.13. The minimum absolute atomic E-state index is 0.0394. The fourth-order valence-corrected chi connectivity index (χ4v) is 3.94. The molecule has 1 saturated heterocycles. The van der Waals surface area contributed by atoms with Crippen molar-refractivity contribution in [1.82, 2.24) is 14.8 Å². The summed E-state index contributed by atoms with van der Waals surface area (Å²) in [5, 5.41) is 0. The van der Waals surface area contributed by atoms with Crippen molar-refractivity contribution in [3.63, 3.8) is 0 Å². The van der Waals surface area contributed by atoms with Crippen LogP contribution in [0.1, 0.15) is 21.7 Å². The highest BCUT2D eigenvalue weighted by Gasteiger charge is 2.35. The fourth-order valence-electron chi connectivity index (χ4n) is 3.00. The summed E-state index contributed by atoms with van der Waals surface area (Å²) < 4.78 is 0. The van der Waals surface area contributed by atoms with Crippen molar-refractivity contribution < 1.29 is 9.59 Å². The topological polar surface area (TPSA) is 53.5 Å². The average molecular weight is 343 g/mol. The van der Waals surface area contributed by atoms with Gasteiger partial charge in [0.1, 0.15) is 0 Å². The number of pyridine rings is 1. The molecule has 3 rings (SSSR count). The summed E-state index contributed by atoms with van der Waals surface area (Å²) in [5.41, 5.74) is 0.987. The molecule has 1 aliphatic rings. The first-order valence-corrected chi connectivity index (χ1v) is 8.81. The molecule has 5 nitrogen and oxygen atoms in total. The summed E-state index contributed by atoms with van der Waals surface area (Å²) in [5.74, 6) is -0.166. The number of thiophene rings is 1. The molecule has 0 bridgehead atoms. The van der Waals surface area contributed by atoms with E-state index in [1.54, 1.807) is 33.5 Å². The van der Waals surface area contributed by atoms with E-state index in [-0.39, 0.29) is 17.7 Å². The van der Waals surface area contributed by atoms with Crippen LogP contribution in [0, 0.1) is 12.8 Å². The van der Waals surface area contributed by atoms with E-state index in [9.17, 15) is 9.59 Å². The van der Waals surface area contributed by atoms with Crippen molar-refractivity contribution in [3.8, 4) is 0 Å². The van der Waals surface area contributed by atoms with Crippen LogP contribution in [0.5, 0.6) is 0 Å². The maximum atomic E-state index is 12.6. The Balaban J connectivity index is 1.59. The van der Waals surface area contributed by atoms with Crippen LogP contribution in [-0.2, 0) is 22.7 Å². The molecule has 0 N–H and O–H groups in total. The Labute approximate surface area is 145 Å².